The molecule has 186 valence electrons. The lowest BCUT2D eigenvalue weighted by molar-refractivity contribution is -0.0562. The van der Waals surface area contributed by atoms with Crippen LogP contribution in [0.4, 0.5) is 11.4 Å². The van der Waals surface area contributed by atoms with E-state index < -0.39 is 12.0 Å². The number of nitrogens with one attached hydrogen (secondary N) is 1. The molecule has 0 radical (unpaired) electrons. The third-order valence-corrected chi connectivity index (χ3v) is 8.52. The predicted molar refractivity (Wildman–Crippen MR) is 146 cm³/mol. The Morgan fingerprint density at radius 3 is 2.94 bits per heavy atom. The van der Waals surface area contributed by atoms with E-state index in [-0.39, 0.29) is 23.0 Å². The number of aromatic nitrogens is 1. The Balaban J connectivity index is 1.44. The number of halogens is 1. The van der Waals surface area contributed by atoms with E-state index >= 15 is 0 Å². The summed E-state index contributed by atoms with van der Waals surface area (Å²) in [6.07, 6.45) is 4.38. The number of phenolic OH excluding ortho intramolecular Hbond substituents is 1. The Hall–Kier alpha value is -2.92. The topological polar surface area (TPSA) is 134 Å². The zero-order valence-corrected chi connectivity index (χ0v) is 22.0. The number of nitrogens with zero attached hydrogens (tertiary/aromatic N) is 5. The summed E-state index contributed by atoms with van der Waals surface area (Å²) in [6, 6.07) is 10.2. The normalized spacial score (nSPS) is 23.8. The molecule has 4 heterocycles. The zero-order chi connectivity index (χ0) is 25.4. The second kappa shape index (κ2) is 10.2. The van der Waals surface area contributed by atoms with E-state index in [1.54, 1.807) is 12.3 Å². The lowest BCUT2D eigenvalue weighted by Crippen LogP contribution is -2.55. The Bertz CT molecular complexity index is 1380. The van der Waals surface area contributed by atoms with Crippen molar-refractivity contribution in [2.24, 2.45) is 17.0 Å². The van der Waals surface area contributed by atoms with Crippen LogP contribution in [0.2, 0.25) is 0 Å². The number of para-hydroxylation sites is 1. The summed E-state index contributed by atoms with van der Waals surface area (Å²) in [7, 11) is 0. The molecule has 5 atom stereocenters. The first-order valence-corrected chi connectivity index (χ1v) is 13.2. The van der Waals surface area contributed by atoms with Gasteiger partial charge in [0.2, 0.25) is 0 Å². The Kier molecular flexibility index (Phi) is 7.03. The fourth-order valence-corrected chi connectivity index (χ4v) is 6.36. The van der Waals surface area contributed by atoms with Crippen molar-refractivity contribution in [1.82, 2.24) is 9.88 Å². The first-order chi connectivity index (χ1) is 17.4. The first kappa shape index (κ1) is 24.8. The Morgan fingerprint density at radius 1 is 1.39 bits per heavy atom. The SMILES string of the molecule is CC[C@H]1CN2CC[C@H]1C[C@@H]2[C@H](O)c1ccnc2c(NC(=O)c3cc([125I])c(N=[N+]=[N-])cc3O)cccc12. The molecule has 10 heteroatoms. The summed E-state index contributed by atoms with van der Waals surface area (Å²) >= 11 is 1.95. The second-order valence-corrected chi connectivity index (χ2v) is 10.7. The van der Waals surface area contributed by atoms with Gasteiger partial charge in [0.15, 0.2) is 0 Å². The van der Waals surface area contributed by atoms with Crippen LogP contribution in [0.15, 0.2) is 47.7 Å². The quantitative estimate of drug-likeness (QED) is 0.141. The standard InChI is InChI=1S/C26H27IN6O3/c1-2-14-13-33-9-7-15(14)10-22(33)25(35)17-6-8-29-24-16(17)4-3-5-20(24)30-26(36)18-11-19(27)21(31-32-28)12-23(18)34/h3-6,8,11-12,14-15,22,25,34-35H,2,7,9-10,13H2,1H3,(H,30,36)/t14-,15-,22+,25+/m0/s1/i27-2. The van der Waals surface area contributed by atoms with Crippen LogP contribution in [0, 0.1) is 15.4 Å². The van der Waals surface area contributed by atoms with Gasteiger partial charge < -0.3 is 15.5 Å². The number of aliphatic hydroxyl groups excluding tert-OH is 1. The molecule has 3 fully saturated rings. The molecule has 1 amide bonds. The van der Waals surface area contributed by atoms with Crippen LogP contribution in [0.5, 0.6) is 5.75 Å². The number of amides is 1. The lowest BCUT2D eigenvalue weighted by Gasteiger charge is -2.51. The van der Waals surface area contributed by atoms with E-state index in [0.717, 1.165) is 30.5 Å². The number of piperidine rings is 3. The van der Waals surface area contributed by atoms with Crippen LogP contribution < -0.4 is 5.32 Å². The van der Waals surface area contributed by atoms with Crippen LogP contribution in [-0.2, 0) is 0 Å². The molecule has 3 aromatic rings. The van der Waals surface area contributed by atoms with E-state index in [4.69, 9.17) is 5.53 Å². The van der Waals surface area contributed by atoms with Gasteiger partial charge in [-0.05, 0) is 89.2 Å². The molecule has 6 rings (SSSR count). The summed E-state index contributed by atoms with van der Waals surface area (Å²) in [5.41, 5.74) is 10.8. The largest absolute Gasteiger partial charge is 0.507 e. The number of rotatable bonds is 6. The van der Waals surface area contributed by atoms with Gasteiger partial charge in [0.1, 0.15) is 5.75 Å². The molecule has 0 spiro atoms. The number of pyridine rings is 1. The summed E-state index contributed by atoms with van der Waals surface area (Å²) in [5.74, 6) is 0.563. The maximum Gasteiger partial charge on any atom is 0.259 e. The van der Waals surface area contributed by atoms with Crippen LogP contribution in [-0.4, -0.2) is 45.1 Å². The summed E-state index contributed by atoms with van der Waals surface area (Å²) in [6.45, 7) is 4.31. The van der Waals surface area contributed by atoms with E-state index in [0.29, 0.717) is 26.6 Å². The van der Waals surface area contributed by atoms with E-state index in [9.17, 15) is 15.0 Å². The number of fused-ring (bicyclic) bond motifs is 4. The molecule has 9 nitrogen and oxygen atoms in total. The number of carbonyl (C=O) groups is 1. The van der Waals surface area contributed by atoms with Gasteiger partial charge in [0.25, 0.3) is 5.91 Å². The monoisotopic (exact) mass is 596 g/mol. The van der Waals surface area contributed by atoms with Gasteiger partial charge in [0.05, 0.1) is 28.6 Å². The fraction of sp³-hybridized carbons (Fsp3) is 0.385. The van der Waals surface area contributed by atoms with Crippen molar-refractivity contribution in [3.8, 4) is 5.75 Å². The number of phenols is 1. The molecular formula is C26H27IN6O3. The fourth-order valence-electron chi connectivity index (χ4n) is 5.78. The highest BCUT2D eigenvalue weighted by molar-refractivity contribution is 14.1. The molecule has 3 aliphatic rings. The number of aromatic hydroxyl groups is 1. The summed E-state index contributed by atoms with van der Waals surface area (Å²) in [5, 5.41) is 29.0. The highest BCUT2D eigenvalue weighted by Gasteiger charge is 2.42. The number of aliphatic hydroxyl groups is 1. The van der Waals surface area contributed by atoms with Gasteiger partial charge in [-0.3, -0.25) is 14.7 Å². The highest BCUT2D eigenvalue weighted by atomic mass is 125. The van der Waals surface area contributed by atoms with E-state index in [1.807, 2.05) is 40.8 Å². The third-order valence-electron chi connectivity index (χ3n) is 7.66. The zero-order valence-electron chi connectivity index (χ0n) is 19.8. The van der Waals surface area contributed by atoms with Crippen LogP contribution in [0.3, 0.4) is 0 Å². The van der Waals surface area contributed by atoms with Gasteiger partial charge in [-0.1, -0.05) is 30.6 Å². The number of azide groups is 1. The van der Waals surface area contributed by atoms with Gasteiger partial charge in [0, 0.05) is 32.7 Å². The average Bonchev–Trinajstić information content (AvgIpc) is 2.90. The highest BCUT2D eigenvalue weighted by Crippen LogP contribution is 2.43. The molecule has 1 aromatic heterocycles. The van der Waals surface area contributed by atoms with Gasteiger partial charge >= 0.3 is 0 Å². The third kappa shape index (κ3) is 4.50. The Morgan fingerprint density at radius 2 is 2.22 bits per heavy atom. The smallest absolute Gasteiger partial charge is 0.259 e. The first-order valence-electron chi connectivity index (χ1n) is 12.1. The maximum absolute atomic E-state index is 13.1. The lowest BCUT2D eigenvalue weighted by atomic mass is 9.72. The number of benzene rings is 2. The van der Waals surface area contributed by atoms with Crippen LogP contribution >= 0.6 is 22.6 Å². The minimum Gasteiger partial charge on any atom is -0.507 e. The predicted octanol–water partition coefficient (Wildman–Crippen LogP) is 5.89. The van der Waals surface area contributed by atoms with E-state index in [2.05, 4.69) is 32.2 Å². The number of hydrogen-bond acceptors (Lipinski definition) is 6. The van der Waals surface area contributed by atoms with Crippen molar-refractivity contribution in [3.05, 3.63) is 67.7 Å². The van der Waals surface area contributed by atoms with Crippen molar-refractivity contribution in [1.29, 1.82) is 0 Å². The number of carbonyl (C=O) groups excluding carboxylic acids is 1. The van der Waals surface area contributed by atoms with Gasteiger partial charge in [-0.2, -0.15) is 0 Å². The molecule has 0 saturated carbocycles. The summed E-state index contributed by atoms with van der Waals surface area (Å²) in [4.78, 5) is 22.7. The molecule has 3 N–H and O–H groups in total. The summed E-state index contributed by atoms with van der Waals surface area (Å²) < 4.78 is 0.539. The van der Waals surface area contributed by atoms with Crippen molar-refractivity contribution in [2.75, 3.05) is 18.4 Å². The molecular weight excluding hydrogens is 569 g/mol. The molecule has 2 aromatic carbocycles. The van der Waals surface area contributed by atoms with Crippen LogP contribution in [0.1, 0.15) is 48.2 Å². The average molecular weight is 596 g/mol. The molecule has 3 saturated heterocycles. The number of hydrogen-bond donors (Lipinski definition) is 3. The van der Waals surface area contributed by atoms with Crippen molar-refractivity contribution in [3.63, 3.8) is 0 Å². The van der Waals surface area contributed by atoms with Crippen molar-refractivity contribution < 1.29 is 15.0 Å². The molecule has 36 heavy (non-hydrogen) atoms. The minimum absolute atomic E-state index is 0.0565. The number of anilines is 1. The molecule has 2 bridgehead atoms. The van der Waals surface area contributed by atoms with Gasteiger partial charge in [-0.15, -0.1) is 0 Å². The van der Waals surface area contributed by atoms with E-state index in [1.165, 1.54) is 25.0 Å². The van der Waals surface area contributed by atoms with Crippen LogP contribution in [0.25, 0.3) is 21.3 Å². The Labute approximate surface area is 222 Å². The second-order valence-electron chi connectivity index (χ2n) is 9.53. The van der Waals surface area contributed by atoms with Crippen molar-refractivity contribution >= 4 is 50.8 Å². The maximum atomic E-state index is 13.1. The molecule has 1 unspecified atom stereocenters. The van der Waals surface area contributed by atoms with Crippen molar-refractivity contribution in [2.45, 2.75) is 38.3 Å². The molecule has 3 aliphatic heterocycles. The molecule has 0 aliphatic carbocycles. The minimum atomic E-state index is -0.652. The van der Waals surface area contributed by atoms with Gasteiger partial charge in [-0.25, -0.2) is 0 Å².